The molecule has 0 saturated heterocycles. The highest BCUT2D eigenvalue weighted by atomic mass is 35.5. The molecule has 0 spiro atoms. The van der Waals surface area contributed by atoms with Crippen LogP contribution < -0.4 is 0 Å². The zero-order valence-electron chi connectivity index (χ0n) is 12.1. The van der Waals surface area contributed by atoms with Crippen LogP contribution in [0.2, 0.25) is 10.2 Å². The molecular formula is C17H15Cl2NO2. The van der Waals surface area contributed by atoms with Crippen molar-refractivity contribution in [3.63, 3.8) is 0 Å². The van der Waals surface area contributed by atoms with Gasteiger partial charge in [0.2, 0.25) is 0 Å². The third-order valence-electron chi connectivity index (χ3n) is 4.09. The Bertz CT molecular complexity index is 759. The molecule has 1 unspecified atom stereocenters. The van der Waals surface area contributed by atoms with Gasteiger partial charge >= 0.3 is 5.97 Å². The summed E-state index contributed by atoms with van der Waals surface area (Å²) in [7, 11) is 0. The van der Waals surface area contributed by atoms with E-state index in [-0.39, 0.29) is 10.7 Å². The zero-order valence-corrected chi connectivity index (χ0v) is 13.6. The van der Waals surface area contributed by atoms with Crippen LogP contribution in [0, 0.1) is 5.92 Å². The molecule has 5 heteroatoms. The molecule has 0 amide bonds. The maximum atomic E-state index is 11.7. The van der Waals surface area contributed by atoms with Gasteiger partial charge in [-0.15, -0.1) is 0 Å². The number of aromatic carboxylic acids is 1. The quantitative estimate of drug-likeness (QED) is 0.795. The number of benzene rings is 1. The molecule has 0 radical (unpaired) electrons. The van der Waals surface area contributed by atoms with Gasteiger partial charge in [-0.25, -0.2) is 9.78 Å². The summed E-state index contributed by atoms with van der Waals surface area (Å²) >= 11 is 12.2. The number of pyridine rings is 1. The van der Waals surface area contributed by atoms with Crippen LogP contribution in [0.1, 0.15) is 35.0 Å². The van der Waals surface area contributed by atoms with Crippen LogP contribution in [0.25, 0.3) is 11.1 Å². The highest BCUT2D eigenvalue weighted by Gasteiger charge is 2.27. The number of halogens is 2. The van der Waals surface area contributed by atoms with E-state index in [1.807, 2.05) is 12.1 Å². The first-order valence-corrected chi connectivity index (χ1v) is 7.93. The number of hydrogen-bond donors (Lipinski definition) is 1. The van der Waals surface area contributed by atoms with Gasteiger partial charge in [0.05, 0.1) is 0 Å². The third kappa shape index (κ3) is 2.71. The monoisotopic (exact) mass is 335 g/mol. The number of carbonyl (C=O) groups is 1. The van der Waals surface area contributed by atoms with Crippen LogP contribution in [0.4, 0.5) is 0 Å². The van der Waals surface area contributed by atoms with Crippen molar-refractivity contribution in [2.24, 2.45) is 5.92 Å². The van der Waals surface area contributed by atoms with E-state index in [0.717, 1.165) is 36.1 Å². The first-order chi connectivity index (χ1) is 10.5. The Morgan fingerprint density at radius 1 is 1.36 bits per heavy atom. The fourth-order valence-electron chi connectivity index (χ4n) is 3.06. The van der Waals surface area contributed by atoms with Crippen molar-refractivity contribution in [2.45, 2.75) is 26.2 Å². The lowest BCUT2D eigenvalue weighted by molar-refractivity contribution is 0.0697. The van der Waals surface area contributed by atoms with Crippen molar-refractivity contribution >= 4 is 29.2 Å². The summed E-state index contributed by atoms with van der Waals surface area (Å²) in [5.41, 5.74) is 3.40. The van der Waals surface area contributed by atoms with Crippen molar-refractivity contribution < 1.29 is 9.90 Å². The fourth-order valence-corrected chi connectivity index (χ4v) is 3.53. The molecule has 1 heterocycles. The lowest BCUT2D eigenvalue weighted by atomic mass is 9.82. The average molecular weight is 336 g/mol. The lowest BCUT2D eigenvalue weighted by Gasteiger charge is -2.25. The summed E-state index contributed by atoms with van der Waals surface area (Å²) in [6.07, 6.45) is 2.67. The van der Waals surface area contributed by atoms with Crippen LogP contribution in [0.15, 0.2) is 24.3 Å². The lowest BCUT2D eigenvalue weighted by Crippen LogP contribution is -2.17. The highest BCUT2D eigenvalue weighted by molar-refractivity contribution is 6.33. The Morgan fingerprint density at radius 2 is 2.14 bits per heavy atom. The van der Waals surface area contributed by atoms with Gasteiger partial charge in [0.15, 0.2) is 0 Å². The number of rotatable bonds is 2. The van der Waals surface area contributed by atoms with E-state index in [9.17, 15) is 9.90 Å². The number of carboxylic acids is 1. The molecule has 1 atom stereocenters. The Balaban J connectivity index is 2.34. The normalized spacial score (nSPS) is 17.1. The van der Waals surface area contributed by atoms with E-state index < -0.39 is 5.97 Å². The molecule has 0 aliphatic heterocycles. The molecular weight excluding hydrogens is 321 g/mol. The molecule has 1 aliphatic rings. The first kappa shape index (κ1) is 15.3. The Hall–Kier alpha value is -1.58. The van der Waals surface area contributed by atoms with Crippen LogP contribution in [0.5, 0.6) is 0 Å². The van der Waals surface area contributed by atoms with Crippen molar-refractivity contribution in [1.29, 1.82) is 0 Å². The number of aryl methyl sites for hydroxylation is 1. The summed E-state index contributed by atoms with van der Waals surface area (Å²) in [5.74, 6) is -0.566. The van der Waals surface area contributed by atoms with Gasteiger partial charge in [-0.3, -0.25) is 0 Å². The minimum absolute atomic E-state index is 0.0516. The van der Waals surface area contributed by atoms with E-state index in [1.165, 1.54) is 0 Å². The van der Waals surface area contributed by atoms with Gasteiger partial charge in [-0.1, -0.05) is 42.3 Å². The number of hydrogen-bond acceptors (Lipinski definition) is 2. The van der Waals surface area contributed by atoms with Crippen molar-refractivity contribution in [3.05, 3.63) is 51.3 Å². The van der Waals surface area contributed by atoms with E-state index in [2.05, 4.69) is 11.9 Å². The second-order valence-electron chi connectivity index (χ2n) is 5.74. The van der Waals surface area contributed by atoms with Crippen LogP contribution in [-0.4, -0.2) is 16.1 Å². The Morgan fingerprint density at radius 3 is 2.82 bits per heavy atom. The van der Waals surface area contributed by atoms with Gasteiger partial charge in [0.25, 0.3) is 0 Å². The minimum atomic E-state index is -1.06. The molecule has 3 rings (SSSR count). The summed E-state index contributed by atoms with van der Waals surface area (Å²) in [4.78, 5) is 16.0. The van der Waals surface area contributed by atoms with Crippen LogP contribution >= 0.6 is 23.2 Å². The van der Waals surface area contributed by atoms with Gasteiger partial charge in [-0.2, -0.15) is 0 Å². The van der Waals surface area contributed by atoms with Crippen molar-refractivity contribution in [2.75, 3.05) is 0 Å². The number of aromatic nitrogens is 1. The SMILES string of the molecule is CC1CCc2nc(Cl)c(C(=O)O)c(-c3cccc(Cl)c3)c2C1. The second kappa shape index (κ2) is 5.90. The van der Waals surface area contributed by atoms with E-state index in [4.69, 9.17) is 23.2 Å². The zero-order chi connectivity index (χ0) is 15.9. The summed E-state index contributed by atoms with van der Waals surface area (Å²) in [5, 5.41) is 10.2. The molecule has 0 bridgehead atoms. The van der Waals surface area contributed by atoms with Gasteiger partial charge < -0.3 is 5.11 Å². The van der Waals surface area contributed by atoms with Crippen molar-refractivity contribution in [3.8, 4) is 11.1 Å². The molecule has 114 valence electrons. The average Bonchev–Trinajstić information content (AvgIpc) is 2.46. The molecule has 22 heavy (non-hydrogen) atoms. The molecule has 1 aromatic carbocycles. The molecule has 3 nitrogen and oxygen atoms in total. The minimum Gasteiger partial charge on any atom is -0.478 e. The van der Waals surface area contributed by atoms with E-state index in [0.29, 0.717) is 16.5 Å². The smallest absolute Gasteiger partial charge is 0.339 e. The van der Waals surface area contributed by atoms with Crippen LogP contribution in [0.3, 0.4) is 0 Å². The molecule has 0 saturated carbocycles. The molecule has 1 aromatic heterocycles. The van der Waals surface area contributed by atoms with E-state index >= 15 is 0 Å². The Labute approximate surface area is 138 Å². The number of carboxylic acid groups (broad SMARTS) is 1. The highest BCUT2D eigenvalue weighted by Crippen LogP contribution is 2.38. The third-order valence-corrected chi connectivity index (χ3v) is 4.60. The molecule has 2 aromatic rings. The molecule has 1 aliphatic carbocycles. The standard InChI is InChI=1S/C17H15Cl2NO2/c1-9-5-6-13-12(7-9)14(10-3-2-4-11(18)8-10)15(17(21)22)16(19)20-13/h2-4,8-9H,5-7H2,1H3,(H,21,22). The topological polar surface area (TPSA) is 50.2 Å². The fraction of sp³-hybridized carbons (Fsp3) is 0.294. The largest absolute Gasteiger partial charge is 0.478 e. The van der Waals surface area contributed by atoms with Crippen LogP contribution in [-0.2, 0) is 12.8 Å². The summed E-state index contributed by atoms with van der Waals surface area (Å²) in [6, 6.07) is 7.22. The molecule has 0 fully saturated rings. The first-order valence-electron chi connectivity index (χ1n) is 7.18. The number of fused-ring (bicyclic) bond motifs is 1. The predicted octanol–water partition coefficient (Wildman–Crippen LogP) is 4.88. The van der Waals surface area contributed by atoms with Gasteiger partial charge in [0.1, 0.15) is 10.7 Å². The summed E-state index contributed by atoms with van der Waals surface area (Å²) < 4.78 is 0. The van der Waals surface area contributed by atoms with Crippen molar-refractivity contribution in [1.82, 2.24) is 4.98 Å². The Kier molecular flexibility index (Phi) is 4.11. The molecule has 1 N–H and O–H groups in total. The maximum absolute atomic E-state index is 11.7. The van der Waals surface area contributed by atoms with Gasteiger partial charge in [0, 0.05) is 16.3 Å². The van der Waals surface area contributed by atoms with Gasteiger partial charge in [-0.05, 0) is 48.4 Å². The second-order valence-corrected chi connectivity index (χ2v) is 6.54. The van der Waals surface area contributed by atoms with E-state index in [1.54, 1.807) is 12.1 Å². The predicted molar refractivity (Wildman–Crippen MR) is 87.8 cm³/mol. The maximum Gasteiger partial charge on any atom is 0.339 e. The number of nitrogens with zero attached hydrogens (tertiary/aromatic N) is 1. The summed E-state index contributed by atoms with van der Waals surface area (Å²) in [6.45, 7) is 2.17.